The Morgan fingerprint density at radius 1 is 1.27 bits per heavy atom. The first kappa shape index (κ1) is 13.0. The molecule has 1 aliphatic rings. The Morgan fingerprint density at radius 3 is 2.82 bits per heavy atom. The maximum Gasteiger partial charge on any atom is 0.334 e. The van der Waals surface area contributed by atoms with Crippen molar-refractivity contribution in [1.29, 1.82) is 0 Å². The Bertz CT molecular complexity index is 962. The molecule has 3 aromatic heterocycles. The quantitative estimate of drug-likeness (QED) is 0.767. The van der Waals surface area contributed by atoms with Crippen molar-refractivity contribution in [2.24, 2.45) is 5.92 Å². The number of hydrogen-bond donors (Lipinski definition) is 1. The first-order chi connectivity index (χ1) is 10.6. The van der Waals surface area contributed by atoms with Crippen LogP contribution in [0.2, 0.25) is 0 Å². The predicted octanol–water partition coefficient (Wildman–Crippen LogP) is 1.08. The Kier molecular flexibility index (Phi) is 2.75. The Labute approximate surface area is 125 Å². The van der Waals surface area contributed by atoms with E-state index in [1.165, 1.54) is 16.8 Å². The van der Waals surface area contributed by atoms with Crippen LogP contribution >= 0.6 is 0 Å². The summed E-state index contributed by atoms with van der Waals surface area (Å²) >= 11 is 0. The summed E-state index contributed by atoms with van der Waals surface area (Å²) in [4.78, 5) is 29.8. The molecule has 0 aromatic carbocycles. The monoisotopic (exact) mass is 297 g/mol. The van der Waals surface area contributed by atoms with Gasteiger partial charge < -0.3 is 0 Å². The second kappa shape index (κ2) is 4.66. The van der Waals surface area contributed by atoms with Crippen molar-refractivity contribution < 1.29 is 0 Å². The van der Waals surface area contributed by atoms with E-state index >= 15 is 0 Å². The molecule has 3 aromatic rings. The van der Waals surface area contributed by atoms with E-state index < -0.39 is 11.2 Å². The Hall–Kier alpha value is -2.70. The van der Waals surface area contributed by atoms with Crippen LogP contribution in [-0.2, 0) is 0 Å². The Morgan fingerprint density at radius 2 is 2.09 bits per heavy atom. The number of nitrogens with zero attached hydrogens (tertiary/aromatic N) is 4. The molecule has 112 valence electrons. The zero-order chi connectivity index (χ0) is 15.3. The third kappa shape index (κ3) is 1.97. The minimum absolute atomic E-state index is 0.419. The average molecular weight is 297 g/mol. The molecule has 3 heterocycles. The number of H-pyrrole nitrogens is 1. The van der Waals surface area contributed by atoms with E-state index in [0.717, 1.165) is 24.1 Å². The van der Waals surface area contributed by atoms with Crippen molar-refractivity contribution in [1.82, 2.24) is 24.1 Å². The van der Waals surface area contributed by atoms with Gasteiger partial charge in [-0.1, -0.05) is 6.92 Å². The van der Waals surface area contributed by atoms with Gasteiger partial charge in [-0.2, -0.15) is 0 Å². The van der Waals surface area contributed by atoms with Crippen molar-refractivity contribution in [3.8, 4) is 5.82 Å². The highest BCUT2D eigenvalue weighted by Gasteiger charge is 2.29. The average Bonchev–Trinajstić information content (AvgIpc) is 2.91. The number of imidazole rings is 1. The van der Waals surface area contributed by atoms with Crippen LogP contribution in [-0.4, -0.2) is 24.1 Å². The van der Waals surface area contributed by atoms with Gasteiger partial charge in [0.15, 0.2) is 11.5 Å². The van der Waals surface area contributed by atoms with Crippen molar-refractivity contribution in [2.75, 3.05) is 0 Å². The van der Waals surface area contributed by atoms with Gasteiger partial charge in [-0.25, -0.2) is 14.3 Å². The topological polar surface area (TPSA) is 85.0 Å². The van der Waals surface area contributed by atoms with E-state index in [0.29, 0.717) is 17.7 Å². The van der Waals surface area contributed by atoms with Gasteiger partial charge in [-0.3, -0.25) is 14.3 Å². The van der Waals surface area contributed by atoms with Crippen LogP contribution in [0.3, 0.4) is 0 Å². The molecule has 1 N–H and O–H groups in total. The molecule has 0 unspecified atom stereocenters. The fraction of sp³-hybridized carbons (Fsp3) is 0.333. The molecule has 0 atom stereocenters. The smallest absolute Gasteiger partial charge is 0.274 e. The summed E-state index contributed by atoms with van der Waals surface area (Å²) in [5.41, 5.74) is 1.02. The SMILES string of the molecule is CC1CC(c2cc(-n3ccc(=O)[nH]c3=O)nn3ccnc23)C1. The standard InChI is InChI=1S/C15H15N5O2/c1-9-6-10(7-9)11-8-12(18-20-5-3-16-14(11)20)19-4-2-13(21)17-15(19)22/h2-5,8-10H,6-7H2,1H3,(H,17,21,22). The summed E-state index contributed by atoms with van der Waals surface area (Å²) in [6.45, 7) is 2.23. The van der Waals surface area contributed by atoms with Crippen LogP contribution in [0.1, 0.15) is 31.2 Å². The molecular formula is C15H15N5O2. The minimum Gasteiger partial charge on any atom is -0.274 e. The predicted molar refractivity (Wildman–Crippen MR) is 80.3 cm³/mol. The van der Waals surface area contributed by atoms with E-state index in [-0.39, 0.29) is 0 Å². The second-order valence-electron chi connectivity index (χ2n) is 5.91. The highest BCUT2D eigenvalue weighted by atomic mass is 16.2. The van der Waals surface area contributed by atoms with Gasteiger partial charge >= 0.3 is 5.69 Å². The highest BCUT2D eigenvalue weighted by Crippen LogP contribution is 2.42. The van der Waals surface area contributed by atoms with Crippen LogP contribution < -0.4 is 11.2 Å². The maximum absolute atomic E-state index is 12.0. The lowest BCUT2D eigenvalue weighted by Crippen LogP contribution is -2.29. The van der Waals surface area contributed by atoms with E-state index in [1.54, 1.807) is 16.9 Å². The van der Waals surface area contributed by atoms with Crippen molar-refractivity contribution >= 4 is 5.65 Å². The fourth-order valence-corrected chi connectivity index (χ4v) is 3.10. The Balaban J connectivity index is 1.91. The van der Waals surface area contributed by atoms with E-state index in [2.05, 4.69) is 22.0 Å². The zero-order valence-electron chi connectivity index (χ0n) is 12.1. The van der Waals surface area contributed by atoms with Gasteiger partial charge in [0.1, 0.15) is 0 Å². The van der Waals surface area contributed by atoms with E-state index in [9.17, 15) is 9.59 Å². The second-order valence-corrected chi connectivity index (χ2v) is 5.91. The molecule has 0 spiro atoms. The first-order valence-corrected chi connectivity index (χ1v) is 7.28. The lowest BCUT2D eigenvalue weighted by atomic mass is 9.73. The molecule has 7 nitrogen and oxygen atoms in total. The van der Waals surface area contributed by atoms with Gasteiger partial charge in [0, 0.05) is 30.2 Å². The third-order valence-electron chi connectivity index (χ3n) is 4.26. The summed E-state index contributed by atoms with van der Waals surface area (Å²) in [6.07, 6.45) is 7.15. The van der Waals surface area contributed by atoms with Crippen molar-refractivity contribution in [3.63, 3.8) is 0 Å². The van der Waals surface area contributed by atoms with Crippen LogP contribution in [0.25, 0.3) is 11.5 Å². The van der Waals surface area contributed by atoms with E-state index in [4.69, 9.17) is 0 Å². The molecule has 7 heteroatoms. The lowest BCUT2D eigenvalue weighted by molar-refractivity contribution is 0.289. The van der Waals surface area contributed by atoms with Crippen LogP contribution in [0.15, 0.2) is 40.3 Å². The van der Waals surface area contributed by atoms with Gasteiger partial charge in [-0.05, 0) is 30.7 Å². The zero-order valence-corrected chi connectivity index (χ0v) is 12.1. The molecule has 0 saturated heterocycles. The summed E-state index contributed by atoms with van der Waals surface area (Å²) < 4.78 is 3.03. The number of aromatic amines is 1. The molecule has 22 heavy (non-hydrogen) atoms. The van der Waals surface area contributed by atoms with Crippen LogP contribution in [0.5, 0.6) is 0 Å². The van der Waals surface area contributed by atoms with Gasteiger partial charge in [0.25, 0.3) is 5.56 Å². The largest absolute Gasteiger partial charge is 0.334 e. The molecule has 0 radical (unpaired) electrons. The van der Waals surface area contributed by atoms with Gasteiger partial charge in [0.05, 0.1) is 0 Å². The molecule has 0 amide bonds. The van der Waals surface area contributed by atoms with Crippen molar-refractivity contribution in [3.05, 3.63) is 57.1 Å². The normalized spacial score (nSPS) is 21.0. The van der Waals surface area contributed by atoms with Gasteiger partial charge in [-0.15, -0.1) is 5.10 Å². The molecule has 1 saturated carbocycles. The maximum atomic E-state index is 12.0. The lowest BCUT2D eigenvalue weighted by Gasteiger charge is -2.33. The van der Waals surface area contributed by atoms with Crippen LogP contribution in [0.4, 0.5) is 0 Å². The summed E-state index contributed by atoms with van der Waals surface area (Å²) in [5, 5.41) is 4.41. The summed E-state index contributed by atoms with van der Waals surface area (Å²) in [7, 11) is 0. The number of nitrogens with one attached hydrogen (secondary N) is 1. The number of hydrogen-bond acceptors (Lipinski definition) is 4. The molecule has 1 aliphatic carbocycles. The highest BCUT2D eigenvalue weighted by molar-refractivity contribution is 5.52. The van der Waals surface area contributed by atoms with Crippen LogP contribution in [0, 0.1) is 5.92 Å². The molecule has 4 rings (SSSR count). The number of aromatic nitrogens is 5. The number of fused-ring (bicyclic) bond motifs is 1. The fourth-order valence-electron chi connectivity index (χ4n) is 3.10. The third-order valence-corrected chi connectivity index (χ3v) is 4.26. The summed E-state index contributed by atoms with van der Waals surface area (Å²) in [5.74, 6) is 1.65. The molecule has 0 aliphatic heterocycles. The molecular weight excluding hydrogens is 282 g/mol. The van der Waals surface area contributed by atoms with Crippen molar-refractivity contribution in [2.45, 2.75) is 25.7 Å². The number of rotatable bonds is 2. The summed E-state index contributed by atoms with van der Waals surface area (Å²) in [6, 6.07) is 3.21. The first-order valence-electron chi connectivity index (χ1n) is 7.28. The van der Waals surface area contributed by atoms with E-state index in [1.807, 2.05) is 6.07 Å². The molecule has 0 bridgehead atoms. The molecule has 1 fully saturated rings. The van der Waals surface area contributed by atoms with Gasteiger partial charge in [0.2, 0.25) is 0 Å². The minimum atomic E-state index is -0.493.